The molecule has 0 aromatic carbocycles. The molecule has 0 saturated heterocycles. The molecule has 53 heavy (non-hydrogen) atoms. The van der Waals surface area contributed by atoms with E-state index < -0.39 is 0 Å². The molecule has 0 N–H and O–H groups in total. The maximum Gasteiger partial charge on any atom is -0.0326 e. The van der Waals surface area contributed by atoms with Crippen molar-refractivity contribution in [1.82, 2.24) is 0 Å². The summed E-state index contributed by atoms with van der Waals surface area (Å²) < 4.78 is 0. The average Bonchev–Trinajstić information content (AvgIpc) is 3.99. The van der Waals surface area contributed by atoms with Gasteiger partial charge in [0.15, 0.2) is 0 Å². The first-order chi connectivity index (χ1) is 24.5. The fraction of sp³-hybridized carbons (Fsp3) is 1.00. The van der Waals surface area contributed by atoms with Crippen LogP contribution in [0.1, 0.15) is 311 Å². The van der Waals surface area contributed by atoms with Gasteiger partial charge >= 0.3 is 0 Å². The van der Waals surface area contributed by atoms with Gasteiger partial charge in [0.05, 0.1) is 0 Å². The van der Waals surface area contributed by atoms with Gasteiger partial charge in [-0.05, 0) is 122 Å². The Morgan fingerprint density at radius 3 is 0.585 bits per heavy atom. The molecule has 0 aromatic rings. The van der Waals surface area contributed by atoms with E-state index in [-0.39, 0.29) is 7.43 Å². The van der Waals surface area contributed by atoms with Gasteiger partial charge in [-0.15, -0.1) is 0 Å². The molecule has 6 rings (SSSR count). The summed E-state index contributed by atoms with van der Waals surface area (Å²) in [5.41, 5.74) is 4.42. The average molecular weight is 749 g/mol. The van der Waals surface area contributed by atoms with E-state index in [0.717, 1.165) is 27.1 Å². The lowest BCUT2D eigenvalue weighted by molar-refractivity contribution is 0.155. The van der Waals surface area contributed by atoms with Gasteiger partial charge in [0.1, 0.15) is 0 Å². The zero-order valence-corrected chi connectivity index (χ0v) is 40.2. The number of hydrogen-bond donors (Lipinski definition) is 0. The highest BCUT2D eigenvalue weighted by molar-refractivity contribution is 4.82. The molecule has 324 valence electrons. The van der Waals surface area contributed by atoms with E-state index in [9.17, 15) is 0 Å². The highest BCUT2D eigenvalue weighted by atomic mass is 14.4. The van der Waals surface area contributed by atoms with Crippen molar-refractivity contribution in [2.75, 3.05) is 0 Å². The van der Waals surface area contributed by atoms with E-state index in [2.05, 4.69) is 83.1 Å². The summed E-state index contributed by atoms with van der Waals surface area (Å²) in [5.74, 6) is 0. The van der Waals surface area contributed by atoms with Crippen molar-refractivity contribution in [2.45, 2.75) is 311 Å². The number of rotatable bonds is 7. The Kier molecular flexibility index (Phi) is 33.6. The second-order valence-corrected chi connectivity index (χ2v) is 20.7. The van der Waals surface area contributed by atoms with E-state index in [0.29, 0.717) is 5.41 Å². The minimum atomic E-state index is 0. The minimum Gasteiger partial charge on any atom is -0.0776 e. The summed E-state index contributed by atoms with van der Waals surface area (Å²) in [6, 6.07) is 0. The van der Waals surface area contributed by atoms with Crippen LogP contribution >= 0.6 is 0 Å². The fourth-order valence-corrected chi connectivity index (χ4v) is 9.79. The van der Waals surface area contributed by atoms with Crippen LogP contribution in [0.3, 0.4) is 0 Å². The quantitative estimate of drug-likeness (QED) is 0.243. The molecular weight excluding hydrogens is 637 g/mol. The summed E-state index contributed by atoms with van der Waals surface area (Å²) in [6.45, 7) is 36.3. The van der Waals surface area contributed by atoms with Crippen LogP contribution in [-0.4, -0.2) is 0 Å². The third-order valence-corrected chi connectivity index (χ3v) is 15.0. The molecule has 6 fully saturated rings. The molecule has 0 heteroatoms. The van der Waals surface area contributed by atoms with Gasteiger partial charge in [0, 0.05) is 0 Å². The normalized spacial score (nSPS) is 23.8. The Hall–Kier alpha value is 0. The Morgan fingerprint density at radius 2 is 0.472 bits per heavy atom. The Morgan fingerprint density at radius 1 is 0.283 bits per heavy atom. The molecule has 0 spiro atoms. The maximum atomic E-state index is 2.45. The molecule has 0 aromatic heterocycles. The lowest BCUT2D eigenvalue weighted by Gasteiger charge is -2.37. The second-order valence-electron chi connectivity index (χ2n) is 20.7. The van der Waals surface area contributed by atoms with E-state index >= 15 is 0 Å². The van der Waals surface area contributed by atoms with Crippen molar-refractivity contribution < 1.29 is 0 Å². The van der Waals surface area contributed by atoms with Gasteiger partial charge in [0.25, 0.3) is 0 Å². The molecule has 0 aliphatic heterocycles. The lowest BCUT2D eigenvalue weighted by Crippen LogP contribution is -2.23. The molecule has 0 atom stereocenters. The standard InChI is InChI=1S/2C9H18.2C8H16.2C7H14.2C2H6.CH4/c2*1-3-6-9(2)7-4-5-8-9;2*1-3-8(2)6-4-5-7-8;1-7(2)5-3-4-6-7;1-3-7(2)5-4-6-7;2*1-2;/h2*3-8H2,1-2H3;2*3-7H2,1-2H3;2*3-6H2,1-2H3;2*1-2H3;1H4. The van der Waals surface area contributed by atoms with Crippen LogP contribution < -0.4 is 0 Å². The molecule has 0 amide bonds. The van der Waals surface area contributed by atoms with Crippen LogP contribution in [0.25, 0.3) is 0 Å². The van der Waals surface area contributed by atoms with E-state index in [4.69, 9.17) is 0 Å². The third-order valence-electron chi connectivity index (χ3n) is 15.0. The van der Waals surface area contributed by atoms with Gasteiger partial charge < -0.3 is 0 Å². The van der Waals surface area contributed by atoms with Gasteiger partial charge in [-0.2, -0.15) is 0 Å². The summed E-state index contributed by atoms with van der Waals surface area (Å²) in [5, 5.41) is 0. The first-order valence-electron chi connectivity index (χ1n) is 24.5. The second kappa shape index (κ2) is 31.0. The molecule has 6 saturated carbocycles. The van der Waals surface area contributed by atoms with Crippen molar-refractivity contribution in [3.05, 3.63) is 0 Å². The Balaban J connectivity index is -0.000000554. The lowest BCUT2D eigenvalue weighted by atomic mass is 9.69. The maximum absolute atomic E-state index is 2.45. The van der Waals surface area contributed by atoms with E-state index in [1.165, 1.54) is 193 Å². The van der Waals surface area contributed by atoms with Crippen molar-refractivity contribution in [3.8, 4) is 0 Å². The molecule has 0 nitrogen and oxygen atoms in total. The molecule has 0 radical (unpaired) electrons. The van der Waals surface area contributed by atoms with Crippen LogP contribution in [0.2, 0.25) is 0 Å². The van der Waals surface area contributed by atoms with Crippen molar-refractivity contribution in [1.29, 1.82) is 0 Å². The van der Waals surface area contributed by atoms with Crippen molar-refractivity contribution >= 4 is 0 Å². The Labute approximate surface area is 342 Å². The van der Waals surface area contributed by atoms with Gasteiger partial charge in [-0.25, -0.2) is 0 Å². The predicted octanol–water partition coefficient (Wildman–Crippen LogP) is 20.5. The molecule has 6 aliphatic rings. The SMILES string of the molecule is C.CC.CC.CC1(C)CCCC1.CCC1(C)CCC1.CCC1(C)CCCC1.CCC1(C)CCCC1.CCCC1(C)CCCC1.CCCC1(C)CCCC1. The first-order valence-corrected chi connectivity index (χ1v) is 24.5. The molecule has 0 heterocycles. The topological polar surface area (TPSA) is 0 Å². The van der Waals surface area contributed by atoms with Gasteiger partial charge in [-0.1, -0.05) is 221 Å². The van der Waals surface area contributed by atoms with E-state index in [1.807, 2.05) is 27.7 Å². The van der Waals surface area contributed by atoms with Crippen LogP contribution in [0.15, 0.2) is 0 Å². The monoisotopic (exact) mass is 749 g/mol. The van der Waals surface area contributed by atoms with Crippen LogP contribution in [0.4, 0.5) is 0 Å². The minimum absolute atomic E-state index is 0. The molecular formula is C53H112. The predicted molar refractivity (Wildman–Crippen MR) is 251 cm³/mol. The van der Waals surface area contributed by atoms with E-state index in [1.54, 1.807) is 0 Å². The molecule has 0 unspecified atom stereocenters. The highest BCUT2D eigenvalue weighted by Crippen LogP contribution is 2.44. The molecule has 0 bridgehead atoms. The first kappa shape index (κ1) is 57.3. The molecule has 6 aliphatic carbocycles. The van der Waals surface area contributed by atoms with Crippen molar-refractivity contribution in [3.63, 3.8) is 0 Å². The van der Waals surface area contributed by atoms with Crippen molar-refractivity contribution in [2.24, 2.45) is 32.5 Å². The van der Waals surface area contributed by atoms with Crippen LogP contribution in [-0.2, 0) is 0 Å². The van der Waals surface area contributed by atoms with Gasteiger partial charge in [0.2, 0.25) is 0 Å². The summed E-state index contributed by atoms with van der Waals surface area (Å²) in [6.07, 6.45) is 43.7. The highest BCUT2D eigenvalue weighted by Gasteiger charge is 2.30. The summed E-state index contributed by atoms with van der Waals surface area (Å²) in [7, 11) is 0. The van der Waals surface area contributed by atoms with Gasteiger partial charge in [-0.3, -0.25) is 0 Å². The van der Waals surface area contributed by atoms with Crippen LogP contribution in [0, 0.1) is 32.5 Å². The third kappa shape index (κ3) is 26.5. The number of hydrogen-bond acceptors (Lipinski definition) is 0. The largest absolute Gasteiger partial charge is 0.0776 e. The fourth-order valence-electron chi connectivity index (χ4n) is 9.79. The smallest absolute Gasteiger partial charge is 0.0326 e. The zero-order chi connectivity index (χ0) is 40.2. The summed E-state index contributed by atoms with van der Waals surface area (Å²) >= 11 is 0. The summed E-state index contributed by atoms with van der Waals surface area (Å²) in [4.78, 5) is 0. The Bertz CT molecular complexity index is 696. The van der Waals surface area contributed by atoms with Crippen LogP contribution in [0.5, 0.6) is 0 Å². The zero-order valence-electron chi connectivity index (χ0n) is 40.2.